The molecule has 1 aromatic heterocycles. The fourth-order valence-electron chi connectivity index (χ4n) is 3.60. The van der Waals surface area contributed by atoms with Gasteiger partial charge in [-0.15, -0.1) is 35.3 Å². The van der Waals surface area contributed by atoms with Crippen molar-refractivity contribution in [2.75, 3.05) is 53.6 Å². The Morgan fingerprint density at radius 1 is 1.22 bits per heavy atom. The molecular formula is C23H36IN5O2S. The maximum Gasteiger partial charge on any atom is 0.191 e. The number of methoxy groups -OCH3 is 1. The van der Waals surface area contributed by atoms with Gasteiger partial charge in [0.25, 0.3) is 0 Å². The van der Waals surface area contributed by atoms with Gasteiger partial charge in [0.2, 0.25) is 0 Å². The average Bonchev–Trinajstić information content (AvgIpc) is 3.28. The minimum absolute atomic E-state index is 0. The number of aromatic nitrogens is 1. The van der Waals surface area contributed by atoms with E-state index in [2.05, 4.69) is 51.9 Å². The molecular weight excluding hydrogens is 537 g/mol. The summed E-state index contributed by atoms with van der Waals surface area (Å²) in [7, 11) is 3.51. The summed E-state index contributed by atoms with van der Waals surface area (Å²) in [6.07, 6.45) is 0.884. The number of morpholine rings is 1. The number of aliphatic imine (C=N–C) groups is 1. The number of benzene rings is 1. The van der Waals surface area contributed by atoms with Gasteiger partial charge < -0.3 is 20.1 Å². The molecule has 2 N–H and O–H groups in total. The van der Waals surface area contributed by atoms with Crippen molar-refractivity contribution in [3.05, 3.63) is 45.9 Å². The van der Waals surface area contributed by atoms with Crippen LogP contribution in [-0.2, 0) is 11.2 Å². The Labute approximate surface area is 213 Å². The molecule has 1 fully saturated rings. The van der Waals surface area contributed by atoms with Crippen molar-refractivity contribution >= 4 is 41.3 Å². The first-order valence-corrected chi connectivity index (χ1v) is 11.8. The van der Waals surface area contributed by atoms with Gasteiger partial charge in [-0.1, -0.05) is 26.0 Å². The fraction of sp³-hybridized carbons (Fsp3) is 0.565. The normalized spacial score (nSPS) is 15.8. The lowest BCUT2D eigenvalue weighted by molar-refractivity contribution is 0.0170. The molecule has 0 spiro atoms. The summed E-state index contributed by atoms with van der Waals surface area (Å²) in [5, 5.41) is 10.3. The molecule has 32 heavy (non-hydrogen) atoms. The Morgan fingerprint density at radius 2 is 1.94 bits per heavy atom. The minimum atomic E-state index is 0. The van der Waals surface area contributed by atoms with Crippen molar-refractivity contribution in [1.82, 2.24) is 20.5 Å². The zero-order chi connectivity index (χ0) is 22.1. The summed E-state index contributed by atoms with van der Waals surface area (Å²) in [5.41, 5.74) is 2.40. The third kappa shape index (κ3) is 7.86. The van der Waals surface area contributed by atoms with Crippen molar-refractivity contribution in [1.29, 1.82) is 0 Å². The lowest BCUT2D eigenvalue weighted by Crippen LogP contribution is -2.46. The Balaban J connectivity index is 0.00000363. The summed E-state index contributed by atoms with van der Waals surface area (Å²) in [4.78, 5) is 11.6. The van der Waals surface area contributed by atoms with Crippen LogP contribution in [0.4, 0.5) is 0 Å². The third-order valence-corrected chi connectivity index (χ3v) is 6.60. The summed E-state index contributed by atoms with van der Waals surface area (Å²) in [6.45, 7) is 9.31. The standard InChI is InChI=1S/C23H35N5O2S.HI/c1-17(2)22-27-19(16-31-22)9-10-25-23(24-3)26-15-21(28-11-13-30-14-12-28)18-5-7-20(29-4)8-6-18;/h5-8,16-17,21H,9-15H2,1-4H3,(H2,24,25,26);1H. The molecule has 1 atom stereocenters. The predicted octanol–water partition coefficient (Wildman–Crippen LogP) is 3.67. The van der Waals surface area contributed by atoms with Crippen LogP contribution in [-0.4, -0.2) is 69.4 Å². The number of nitrogens with one attached hydrogen (secondary N) is 2. The molecule has 1 saturated heterocycles. The molecule has 3 rings (SSSR count). The summed E-state index contributed by atoms with van der Waals surface area (Å²) < 4.78 is 10.9. The van der Waals surface area contributed by atoms with Crippen molar-refractivity contribution in [2.24, 2.45) is 4.99 Å². The lowest BCUT2D eigenvalue weighted by atomic mass is 10.0. The van der Waals surface area contributed by atoms with Crippen LogP contribution in [0.15, 0.2) is 34.6 Å². The van der Waals surface area contributed by atoms with E-state index in [9.17, 15) is 0 Å². The van der Waals surface area contributed by atoms with Gasteiger partial charge in [0.1, 0.15) is 5.75 Å². The molecule has 1 aromatic carbocycles. The molecule has 1 unspecified atom stereocenters. The molecule has 7 nitrogen and oxygen atoms in total. The van der Waals surface area contributed by atoms with E-state index in [0.29, 0.717) is 5.92 Å². The van der Waals surface area contributed by atoms with Gasteiger partial charge in [-0.3, -0.25) is 9.89 Å². The second-order valence-electron chi connectivity index (χ2n) is 7.90. The highest BCUT2D eigenvalue weighted by molar-refractivity contribution is 14.0. The monoisotopic (exact) mass is 573 g/mol. The number of rotatable bonds is 9. The summed E-state index contributed by atoms with van der Waals surface area (Å²) in [6, 6.07) is 8.57. The second-order valence-corrected chi connectivity index (χ2v) is 8.79. The first-order chi connectivity index (χ1) is 15.1. The molecule has 0 bridgehead atoms. The van der Waals surface area contributed by atoms with Crippen LogP contribution in [0, 0.1) is 0 Å². The molecule has 0 saturated carbocycles. The quantitative estimate of drug-likeness (QED) is 0.271. The van der Waals surface area contributed by atoms with Gasteiger partial charge >= 0.3 is 0 Å². The Kier molecular flexibility index (Phi) is 11.7. The predicted molar refractivity (Wildman–Crippen MR) is 143 cm³/mol. The van der Waals surface area contributed by atoms with Gasteiger partial charge in [0, 0.05) is 50.9 Å². The average molecular weight is 574 g/mol. The number of hydrogen-bond acceptors (Lipinski definition) is 6. The minimum Gasteiger partial charge on any atom is -0.497 e. The Morgan fingerprint density at radius 3 is 2.53 bits per heavy atom. The van der Waals surface area contributed by atoms with E-state index in [-0.39, 0.29) is 30.0 Å². The highest BCUT2D eigenvalue weighted by atomic mass is 127. The van der Waals surface area contributed by atoms with Gasteiger partial charge in [0.05, 0.1) is 37.1 Å². The van der Waals surface area contributed by atoms with E-state index >= 15 is 0 Å². The summed E-state index contributed by atoms with van der Waals surface area (Å²) >= 11 is 1.74. The van der Waals surface area contributed by atoms with Crippen molar-refractivity contribution in [2.45, 2.75) is 32.2 Å². The number of halogens is 1. The lowest BCUT2D eigenvalue weighted by Gasteiger charge is -2.35. The molecule has 0 amide bonds. The molecule has 0 aliphatic carbocycles. The van der Waals surface area contributed by atoms with Crippen molar-refractivity contribution in [3.63, 3.8) is 0 Å². The van der Waals surface area contributed by atoms with Crippen LogP contribution in [0.2, 0.25) is 0 Å². The molecule has 0 radical (unpaired) electrons. The zero-order valence-corrected chi connectivity index (χ0v) is 22.6. The first kappa shape index (κ1) is 26.8. The SMILES string of the molecule is CN=C(NCCc1csc(C(C)C)n1)NCC(c1ccc(OC)cc1)N1CCOCC1.I. The number of guanidine groups is 1. The van der Waals surface area contributed by atoms with E-state index < -0.39 is 0 Å². The highest BCUT2D eigenvalue weighted by Crippen LogP contribution is 2.23. The van der Waals surface area contributed by atoms with E-state index in [0.717, 1.165) is 63.2 Å². The van der Waals surface area contributed by atoms with Crippen LogP contribution in [0.25, 0.3) is 0 Å². The highest BCUT2D eigenvalue weighted by Gasteiger charge is 2.23. The van der Waals surface area contributed by atoms with E-state index in [1.54, 1.807) is 18.4 Å². The van der Waals surface area contributed by atoms with E-state index in [4.69, 9.17) is 14.5 Å². The molecule has 1 aliphatic heterocycles. The van der Waals surface area contributed by atoms with Crippen molar-refractivity contribution < 1.29 is 9.47 Å². The largest absolute Gasteiger partial charge is 0.497 e. The van der Waals surface area contributed by atoms with Crippen molar-refractivity contribution in [3.8, 4) is 5.75 Å². The van der Waals surface area contributed by atoms with E-state index in [1.807, 2.05) is 19.2 Å². The number of ether oxygens (including phenoxy) is 2. The topological polar surface area (TPSA) is 71.0 Å². The molecule has 2 aromatic rings. The Bertz CT molecular complexity index is 822. The van der Waals surface area contributed by atoms with Crippen LogP contribution >= 0.6 is 35.3 Å². The third-order valence-electron chi connectivity index (χ3n) is 5.41. The first-order valence-electron chi connectivity index (χ1n) is 10.9. The van der Waals surface area contributed by atoms with Gasteiger partial charge in [-0.2, -0.15) is 0 Å². The smallest absolute Gasteiger partial charge is 0.191 e. The fourth-order valence-corrected chi connectivity index (χ4v) is 4.47. The van der Waals surface area contributed by atoms with Gasteiger partial charge in [-0.25, -0.2) is 4.98 Å². The summed E-state index contributed by atoms with van der Waals surface area (Å²) in [5.74, 6) is 2.17. The maximum atomic E-state index is 5.56. The second kappa shape index (κ2) is 14.0. The molecule has 1 aliphatic rings. The zero-order valence-electron chi connectivity index (χ0n) is 19.5. The molecule has 9 heteroatoms. The van der Waals surface area contributed by atoms with Gasteiger partial charge in [-0.05, 0) is 17.7 Å². The van der Waals surface area contributed by atoms with Crippen LogP contribution in [0.3, 0.4) is 0 Å². The Hall–Kier alpha value is -1.43. The van der Waals surface area contributed by atoms with Crippen LogP contribution in [0.1, 0.15) is 42.1 Å². The van der Waals surface area contributed by atoms with E-state index in [1.165, 1.54) is 10.6 Å². The maximum absolute atomic E-state index is 5.56. The van der Waals surface area contributed by atoms with Crippen LogP contribution in [0.5, 0.6) is 5.75 Å². The van der Waals surface area contributed by atoms with Crippen LogP contribution < -0.4 is 15.4 Å². The number of nitrogens with zero attached hydrogens (tertiary/aromatic N) is 3. The molecule has 2 heterocycles. The number of hydrogen-bond donors (Lipinski definition) is 2. The van der Waals surface area contributed by atoms with Gasteiger partial charge in [0.15, 0.2) is 5.96 Å². The molecule has 178 valence electrons. The number of thiazole rings is 1.